The van der Waals surface area contributed by atoms with Crippen LogP contribution in [-0.2, 0) is 0 Å². The molecule has 1 fully saturated rings. The van der Waals surface area contributed by atoms with Crippen LogP contribution in [0, 0.1) is 0 Å². The molecule has 3 aromatic carbocycles. The number of hydrogen-bond acceptors (Lipinski definition) is 4. The van der Waals surface area contributed by atoms with Gasteiger partial charge in [0.05, 0.1) is 5.00 Å². The number of carbonyl (C=O) groups excluding carboxylic acids is 1. The highest BCUT2D eigenvalue weighted by Crippen LogP contribution is 2.34. The van der Waals surface area contributed by atoms with Crippen molar-refractivity contribution in [3.8, 4) is 0 Å². The van der Waals surface area contributed by atoms with Gasteiger partial charge in [-0.05, 0) is 92.1 Å². The molecule has 170 valence electrons. The summed E-state index contributed by atoms with van der Waals surface area (Å²) >= 11 is 1.76. The minimum absolute atomic E-state index is 0.0189. The Morgan fingerprint density at radius 3 is 1.91 bits per heavy atom. The number of nitrogens with zero attached hydrogens (tertiary/aromatic N) is 2. The summed E-state index contributed by atoms with van der Waals surface area (Å²) in [6.45, 7) is 2.27. The zero-order valence-corrected chi connectivity index (χ0v) is 20.0. The fourth-order valence-electron chi connectivity index (χ4n) is 4.35. The molecule has 0 amide bonds. The molecular formula is C30H28N2OS. The summed E-state index contributed by atoms with van der Waals surface area (Å²) in [7, 11) is 0. The SMILES string of the molecule is O=C(/C=C/c1ccc(N2CCCCC2)s1)c1ccc(N(c2ccccc2)c2ccccc2)cc1. The van der Waals surface area contributed by atoms with Crippen molar-refractivity contribution in [2.75, 3.05) is 22.9 Å². The molecule has 1 saturated heterocycles. The topological polar surface area (TPSA) is 23.6 Å². The number of allylic oxidation sites excluding steroid dienone is 1. The van der Waals surface area contributed by atoms with Crippen LogP contribution >= 0.6 is 11.3 Å². The lowest BCUT2D eigenvalue weighted by molar-refractivity contribution is 0.104. The van der Waals surface area contributed by atoms with Crippen molar-refractivity contribution in [1.82, 2.24) is 0 Å². The summed E-state index contributed by atoms with van der Waals surface area (Å²) in [6.07, 6.45) is 7.49. The van der Waals surface area contributed by atoms with Crippen LogP contribution in [-0.4, -0.2) is 18.9 Å². The molecule has 0 atom stereocenters. The molecule has 2 heterocycles. The van der Waals surface area contributed by atoms with E-state index < -0.39 is 0 Å². The number of piperidine rings is 1. The number of thiophene rings is 1. The molecule has 0 saturated carbocycles. The molecule has 0 aliphatic carbocycles. The molecule has 5 rings (SSSR count). The highest BCUT2D eigenvalue weighted by Gasteiger charge is 2.14. The van der Waals surface area contributed by atoms with Gasteiger partial charge in [0, 0.05) is 40.6 Å². The van der Waals surface area contributed by atoms with Crippen LogP contribution in [0.3, 0.4) is 0 Å². The largest absolute Gasteiger partial charge is 0.363 e. The maximum Gasteiger partial charge on any atom is 0.185 e. The van der Waals surface area contributed by atoms with E-state index in [0.717, 1.165) is 35.0 Å². The lowest BCUT2D eigenvalue weighted by Gasteiger charge is -2.27. The number of hydrogen-bond donors (Lipinski definition) is 0. The second-order valence-electron chi connectivity index (χ2n) is 8.47. The van der Waals surface area contributed by atoms with Crippen molar-refractivity contribution in [2.45, 2.75) is 19.3 Å². The maximum atomic E-state index is 12.8. The Hall–Kier alpha value is -3.63. The number of rotatable bonds is 7. The third-order valence-corrected chi connectivity index (χ3v) is 7.23. The summed E-state index contributed by atoms with van der Waals surface area (Å²) in [5.41, 5.74) is 3.86. The molecule has 0 spiro atoms. The predicted octanol–water partition coefficient (Wildman–Crippen LogP) is 8.10. The Morgan fingerprint density at radius 2 is 1.29 bits per heavy atom. The van der Waals surface area contributed by atoms with E-state index in [2.05, 4.69) is 46.2 Å². The van der Waals surface area contributed by atoms with E-state index in [4.69, 9.17) is 0 Å². The molecule has 3 nitrogen and oxygen atoms in total. The van der Waals surface area contributed by atoms with Gasteiger partial charge in [-0.3, -0.25) is 4.79 Å². The van der Waals surface area contributed by atoms with Gasteiger partial charge in [0.1, 0.15) is 0 Å². The van der Waals surface area contributed by atoms with Crippen LogP contribution < -0.4 is 9.80 Å². The van der Waals surface area contributed by atoms with E-state index in [1.807, 2.05) is 66.7 Å². The number of carbonyl (C=O) groups is 1. The Morgan fingerprint density at radius 1 is 0.706 bits per heavy atom. The molecule has 1 aliphatic rings. The van der Waals surface area contributed by atoms with Crippen molar-refractivity contribution in [3.63, 3.8) is 0 Å². The highest BCUT2D eigenvalue weighted by molar-refractivity contribution is 7.16. The van der Waals surface area contributed by atoms with Gasteiger partial charge in [-0.25, -0.2) is 0 Å². The van der Waals surface area contributed by atoms with Gasteiger partial charge in [0.2, 0.25) is 0 Å². The predicted molar refractivity (Wildman–Crippen MR) is 145 cm³/mol. The summed E-state index contributed by atoms with van der Waals surface area (Å²) < 4.78 is 0. The third-order valence-electron chi connectivity index (χ3n) is 6.12. The van der Waals surface area contributed by atoms with Crippen LogP contribution in [0.4, 0.5) is 22.1 Å². The van der Waals surface area contributed by atoms with Gasteiger partial charge < -0.3 is 9.80 Å². The minimum Gasteiger partial charge on any atom is -0.363 e. The van der Waals surface area contributed by atoms with Crippen molar-refractivity contribution >= 4 is 45.3 Å². The van der Waals surface area contributed by atoms with Crippen molar-refractivity contribution in [3.05, 3.63) is 114 Å². The molecule has 1 aliphatic heterocycles. The van der Waals surface area contributed by atoms with Gasteiger partial charge in [-0.2, -0.15) is 0 Å². The number of ketones is 1. The zero-order chi connectivity index (χ0) is 23.2. The van der Waals surface area contributed by atoms with E-state index in [1.54, 1.807) is 17.4 Å². The molecule has 0 radical (unpaired) electrons. The van der Waals surface area contributed by atoms with E-state index in [0.29, 0.717) is 5.56 Å². The first-order valence-electron chi connectivity index (χ1n) is 11.9. The summed E-state index contributed by atoms with van der Waals surface area (Å²) in [5.74, 6) is 0.0189. The smallest absolute Gasteiger partial charge is 0.185 e. The van der Waals surface area contributed by atoms with Crippen molar-refractivity contribution < 1.29 is 4.79 Å². The van der Waals surface area contributed by atoms with E-state index >= 15 is 0 Å². The first-order valence-corrected chi connectivity index (χ1v) is 12.7. The average molecular weight is 465 g/mol. The molecule has 0 N–H and O–H groups in total. The average Bonchev–Trinajstić information content (AvgIpc) is 3.39. The molecule has 0 unspecified atom stereocenters. The van der Waals surface area contributed by atoms with Gasteiger partial charge in [-0.15, -0.1) is 11.3 Å². The maximum absolute atomic E-state index is 12.8. The van der Waals surface area contributed by atoms with Crippen LogP contribution in [0.1, 0.15) is 34.5 Å². The van der Waals surface area contributed by atoms with Crippen molar-refractivity contribution in [2.24, 2.45) is 0 Å². The van der Waals surface area contributed by atoms with Gasteiger partial charge in [-0.1, -0.05) is 36.4 Å². The Kier molecular flexibility index (Phi) is 6.87. The van der Waals surface area contributed by atoms with E-state index in [1.165, 1.54) is 24.3 Å². The summed E-state index contributed by atoms with van der Waals surface area (Å²) in [5, 5.41) is 1.30. The first-order chi connectivity index (χ1) is 16.8. The number of benzene rings is 3. The van der Waals surface area contributed by atoms with E-state index in [-0.39, 0.29) is 5.78 Å². The summed E-state index contributed by atoms with van der Waals surface area (Å²) in [6, 6.07) is 32.7. The quantitative estimate of drug-likeness (QED) is 0.204. The lowest BCUT2D eigenvalue weighted by Crippen LogP contribution is -2.28. The van der Waals surface area contributed by atoms with Crippen LogP contribution in [0.2, 0.25) is 0 Å². The fourth-order valence-corrected chi connectivity index (χ4v) is 5.31. The van der Waals surface area contributed by atoms with Crippen molar-refractivity contribution in [1.29, 1.82) is 0 Å². The van der Waals surface area contributed by atoms with Gasteiger partial charge in [0.25, 0.3) is 0 Å². The van der Waals surface area contributed by atoms with Gasteiger partial charge in [0.15, 0.2) is 5.78 Å². The Labute approximate surface area is 205 Å². The number of para-hydroxylation sites is 2. The summed E-state index contributed by atoms with van der Waals surface area (Å²) in [4.78, 5) is 18.6. The molecule has 0 bridgehead atoms. The lowest BCUT2D eigenvalue weighted by atomic mass is 10.1. The first kappa shape index (κ1) is 22.2. The second-order valence-corrected chi connectivity index (χ2v) is 9.57. The standard InChI is InChI=1S/C30H28N2OS/c33-29(20-18-28-19-21-30(34-28)31-22-8-3-9-23-31)24-14-16-27(17-15-24)32(25-10-4-1-5-11-25)26-12-6-2-7-13-26/h1-2,4-7,10-21H,3,8-9,22-23H2/b20-18+. The van der Waals surface area contributed by atoms with Crippen LogP contribution in [0.15, 0.2) is 103 Å². The molecular weight excluding hydrogens is 436 g/mol. The van der Waals surface area contributed by atoms with Gasteiger partial charge >= 0.3 is 0 Å². The Balaban J connectivity index is 1.32. The van der Waals surface area contributed by atoms with Crippen LogP contribution in [0.5, 0.6) is 0 Å². The molecule has 1 aromatic heterocycles. The van der Waals surface area contributed by atoms with Crippen LogP contribution in [0.25, 0.3) is 6.08 Å². The Bertz CT molecular complexity index is 1200. The normalized spacial score (nSPS) is 13.8. The fraction of sp³-hybridized carbons (Fsp3) is 0.167. The highest BCUT2D eigenvalue weighted by atomic mass is 32.1. The number of anilines is 4. The third kappa shape index (κ3) is 5.13. The molecule has 4 heteroatoms. The monoisotopic (exact) mass is 464 g/mol. The molecule has 4 aromatic rings. The zero-order valence-electron chi connectivity index (χ0n) is 19.1. The van der Waals surface area contributed by atoms with E-state index in [9.17, 15) is 4.79 Å². The minimum atomic E-state index is 0.0189. The second kappa shape index (κ2) is 10.5. The molecule has 34 heavy (non-hydrogen) atoms.